The van der Waals surface area contributed by atoms with Gasteiger partial charge in [0.25, 0.3) is 0 Å². The molecule has 0 radical (unpaired) electrons. The second-order valence-corrected chi connectivity index (χ2v) is 5.31. The van der Waals surface area contributed by atoms with Crippen molar-refractivity contribution >= 4 is 34.8 Å². The highest BCUT2D eigenvalue weighted by Gasteiger charge is 2.02. The molecule has 92 valence electrons. The summed E-state index contributed by atoms with van der Waals surface area (Å²) in [4.78, 5) is 12.8. The quantitative estimate of drug-likeness (QED) is 0.615. The Balaban J connectivity index is 2.09. The summed E-state index contributed by atoms with van der Waals surface area (Å²) in [6.45, 7) is 0. The van der Waals surface area contributed by atoms with Crippen molar-refractivity contribution in [1.82, 2.24) is 0 Å². The van der Waals surface area contributed by atoms with Gasteiger partial charge in [-0.3, -0.25) is 4.79 Å². The molecule has 1 aromatic carbocycles. The molecule has 0 spiro atoms. The smallest absolute Gasteiger partial charge is 0.185 e. The van der Waals surface area contributed by atoms with Crippen LogP contribution in [0.15, 0.2) is 42.5 Å². The van der Waals surface area contributed by atoms with E-state index in [2.05, 4.69) is 0 Å². The van der Waals surface area contributed by atoms with Crippen LogP contribution < -0.4 is 4.74 Å². The normalized spacial score (nSPS) is 10.8. The average Bonchev–Trinajstić information content (AvgIpc) is 2.82. The number of carbonyl (C=O) groups excluding carboxylic acids is 1. The maximum atomic E-state index is 11.9. The van der Waals surface area contributed by atoms with Gasteiger partial charge < -0.3 is 4.74 Å². The lowest BCUT2D eigenvalue weighted by molar-refractivity contribution is 0.104. The highest BCUT2D eigenvalue weighted by atomic mass is 35.5. The topological polar surface area (TPSA) is 26.3 Å². The van der Waals surface area contributed by atoms with Crippen molar-refractivity contribution in [3.8, 4) is 5.75 Å². The lowest BCUT2D eigenvalue weighted by atomic mass is 10.1. The van der Waals surface area contributed by atoms with E-state index in [1.807, 2.05) is 12.1 Å². The summed E-state index contributed by atoms with van der Waals surface area (Å²) in [7, 11) is 1.59. The van der Waals surface area contributed by atoms with Gasteiger partial charge in [-0.15, -0.1) is 11.3 Å². The van der Waals surface area contributed by atoms with Crippen molar-refractivity contribution in [2.24, 2.45) is 0 Å². The van der Waals surface area contributed by atoms with E-state index in [0.29, 0.717) is 9.90 Å². The predicted molar refractivity (Wildman–Crippen MR) is 75.7 cm³/mol. The molecular weight excluding hydrogens is 268 g/mol. The second-order valence-electron chi connectivity index (χ2n) is 3.57. The van der Waals surface area contributed by atoms with Crippen molar-refractivity contribution in [1.29, 1.82) is 0 Å². The summed E-state index contributed by atoms with van der Waals surface area (Å²) in [6, 6.07) is 10.7. The van der Waals surface area contributed by atoms with Gasteiger partial charge in [0.15, 0.2) is 5.78 Å². The Kier molecular flexibility index (Phi) is 4.18. The molecule has 0 fully saturated rings. The molecule has 18 heavy (non-hydrogen) atoms. The minimum absolute atomic E-state index is 0.0397. The van der Waals surface area contributed by atoms with E-state index < -0.39 is 0 Å². The van der Waals surface area contributed by atoms with Crippen LogP contribution in [0.5, 0.6) is 5.75 Å². The molecule has 0 atom stereocenters. The summed E-state index contributed by atoms with van der Waals surface area (Å²) in [5, 5.41) is 0. The van der Waals surface area contributed by atoms with Gasteiger partial charge in [0.05, 0.1) is 11.4 Å². The van der Waals surface area contributed by atoms with Crippen LogP contribution in [0.1, 0.15) is 15.2 Å². The fourth-order valence-corrected chi connectivity index (χ4v) is 2.39. The molecule has 0 amide bonds. The van der Waals surface area contributed by atoms with Gasteiger partial charge in [0.1, 0.15) is 5.75 Å². The Hall–Kier alpha value is -1.58. The number of thiophene rings is 1. The molecule has 1 heterocycles. The zero-order valence-corrected chi connectivity index (χ0v) is 11.3. The van der Waals surface area contributed by atoms with Crippen LogP contribution in [0.3, 0.4) is 0 Å². The van der Waals surface area contributed by atoms with Gasteiger partial charge >= 0.3 is 0 Å². The van der Waals surface area contributed by atoms with Crippen LogP contribution in [0.4, 0.5) is 0 Å². The third kappa shape index (κ3) is 3.22. The molecule has 0 unspecified atom stereocenters. The molecule has 0 saturated heterocycles. The number of hydrogen-bond donors (Lipinski definition) is 0. The Morgan fingerprint density at radius 2 is 1.94 bits per heavy atom. The molecular formula is C14H11ClO2S. The van der Waals surface area contributed by atoms with Crippen LogP contribution >= 0.6 is 22.9 Å². The zero-order chi connectivity index (χ0) is 13.0. The molecule has 0 aliphatic heterocycles. The Bertz CT molecular complexity index is 570. The van der Waals surface area contributed by atoms with Crippen molar-refractivity contribution in [3.63, 3.8) is 0 Å². The molecule has 0 aliphatic rings. The molecule has 0 saturated carbocycles. The van der Waals surface area contributed by atoms with Gasteiger partial charge in [-0.25, -0.2) is 0 Å². The van der Waals surface area contributed by atoms with Gasteiger partial charge in [-0.2, -0.15) is 0 Å². The maximum Gasteiger partial charge on any atom is 0.185 e. The molecule has 2 nitrogen and oxygen atoms in total. The Labute approximate surface area is 114 Å². The number of ether oxygens (including phenoxy) is 1. The lowest BCUT2D eigenvalue weighted by Crippen LogP contribution is -1.93. The first-order chi connectivity index (χ1) is 8.69. The minimum atomic E-state index is -0.0397. The Morgan fingerprint density at radius 3 is 2.50 bits per heavy atom. The van der Waals surface area contributed by atoms with Gasteiger partial charge in [-0.1, -0.05) is 11.6 Å². The van der Waals surface area contributed by atoms with Crippen LogP contribution in [-0.2, 0) is 0 Å². The standard InChI is InChI=1S/C14H11ClO2S/c1-17-11-4-2-10(3-5-11)13(16)8-6-12-7-9-14(15)18-12/h2-9H,1H3/b8-6+. The molecule has 0 aliphatic carbocycles. The Morgan fingerprint density at radius 1 is 1.22 bits per heavy atom. The van der Waals surface area contributed by atoms with Crippen molar-refractivity contribution in [3.05, 3.63) is 57.3 Å². The molecule has 4 heteroatoms. The number of halogens is 1. The van der Waals surface area contributed by atoms with E-state index in [1.165, 1.54) is 11.3 Å². The number of ketones is 1. The van der Waals surface area contributed by atoms with Crippen LogP contribution in [0.25, 0.3) is 6.08 Å². The molecule has 2 rings (SSSR count). The number of hydrogen-bond acceptors (Lipinski definition) is 3. The summed E-state index contributed by atoms with van der Waals surface area (Å²) >= 11 is 7.25. The predicted octanol–water partition coefficient (Wildman–Crippen LogP) is 4.31. The molecule has 0 bridgehead atoms. The minimum Gasteiger partial charge on any atom is -0.497 e. The fraction of sp³-hybridized carbons (Fsp3) is 0.0714. The van der Waals surface area contributed by atoms with Crippen molar-refractivity contribution in [2.45, 2.75) is 0 Å². The third-order valence-corrected chi connectivity index (χ3v) is 3.56. The van der Waals surface area contributed by atoms with Gasteiger partial charge in [-0.05, 0) is 48.6 Å². The van der Waals surface area contributed by atoms with E-state index in [1.54, 1.807) is 43.5 Å². The summed E-state index contributed by atoms with van der Waals surface area (Å²) < 4.78 is 5.75. The summed E-state index contributed by atoms with van der Waals surface area (Å²) in [6.07, 6.45) is 3.31. The highest BCUT2D eigenvalue weighted by molar-refractivity contribution is 7.17. The molecule has 0 N–H and O–H groups in total. The van der Waals surface area contributed by atoms with Gasteiger partial charge in [0, 0.05) is 10.4 Å². The number of benzene rings is 1. The van der Waals surface area contributed by atoms with E-state index in [-0.39, 0.29) is 5.78 Å². The molecule has 1 aromatic heterocycles. The number of allylic oxidation sites excluding steroid dienone is 1. The fourth-order valence-electron chi connectivity index (χ4n) is 1.43. The lowest BCUT2D eigenvalue weighted by Gasteiger charge is -1.99. The van der Waals surface area contributed by atoms with Crippen molar-refractivity contribution in [2.75, 3.05) is 7.11 Å². The van der Waals surface area contributed by atoms with Crippen LogP contribution in [0.2, 0.25) is 4.34 Å². The second kappa shape index (κ2) is 5.85. The first kappa shape index (κ1) is 12.9. The van der Waals surface area contributed by atoms with Crippen molar-refractivity contribution < 1.29 is 9.53 Å². The first-order valence-electron chi connectivity index (χ1n) is 5.31. The summed E-state index contributed by atoms with van der Waals surface area (Å²) in [5.74, 6) is 0.697. The SMILES string of the molecule is COc1ccc(C(=O)/C=C/c2ccc(Cl)s2)cc1. The highest BCUT2D eigenvalue weighted by Crippen LogP contribution is 2.22. The van der Waals surface area contributed by atoms with Gasteiger partial charge in [0.2, 0.25) is 0 Å². The van der Waals surface area contributed by atoms with E-state index >= 15 is 0 Å². The number of carbonyl (C=O) groups is 1. The summed E-state index contributed by atoms with van der Waals surface area (Å²) in [5.41, 5.74) is 0.634. The number of rotatable bonds is 4. The first-order valence-corrected chi connectivity index (χ1v) is 6.50. The average molecular weight is 279 g/mol. The monoisotopic (exact) mass is 278 g/mol. The van der Waals surface area contributed by atoms with E-state index in [0.717, 1.165) is 10.6 Å². The number of methoxy groups -OCH3 is 1. The zero-order valence-electron chi connectivity index (χ0n) is 9.72. The van der Waals surface area contributed by atoms with Crippen LogP contribution in [0, 0.1) is 0 Å². The van der Waals surface area contributed by atoms with Crippen LogP contribution in [-0.4, -0.2) is 12.9 Å². The maximum absolute atomic E-state index is 11.9. The van der Waals surface area contributed by atoms with E-state index in [9.17, 15) is 4.79 Å². The largest absolute Gasteiger partial charge is 0.497 e. The molecule has 2 aromatic rings. The third-order valence-electron chi connectivity index (χ3n) is 2.37. The van der Waals surface area contributed by atoms with E-state index in [4.69, 9.17) is 16.3 Å².